The second-order valence-electron chi connectivity index (χ2n) is 5.96. The molecule has 5 nitrogen and oxygen atoms in total. The Morgan fingerprint density at radius 2 is 2.12 bits per heavy atom. The van der Waals surface area contributed by atoms with Gasteiger partial charge in [0.1, 0.15) is 6.10 Å². The lowest BCUT2D eigenvalue weighted by atomic mass is 10.0. The fourth-order valence-electron chi connectivity index (χ4n) is 2.67. The second kappa shape index (κ2) is 10.4. The maximum atomic E-state index is 10.1. The fraction of sp³-hybridized carbons (Fsp3) is 0.421. The van der Waals surface area contributed by atoms with E-state index in [1.54, 1.807) is 6.08 Å². The summed E-state index contributed by atoms with van der Waals surface area (Å²) in [5, 5.41) is 15.0. The van der Waals surface area contributed by atoms with Crippen LogP contribution in [0.5, 0.6) is 0 Å². The Labute approximate surface area is 154 Å². The lowest BCUT2D eigenvalue weighted by Crippen LogP contribution is -2.39. The Bertz CT molecular complexity index is 589. The van der Waals surface area contributed by atoms with Gasteiger partial charge in [-0.3, -0.25) is 4.90 Å². The summed E-state index contributed by atoms with van der Waals surface area (Å²) in [6.07, 6.45) is 3.58. The van der Waals surface area contributed by atoms with E-state index in [9.17, 15) is 5.11 Å². The lowest BCUT2D eigenvalue weighted by molar-refractivity contribution is 0.00895. The maximum Gasteiger partial charge on any atom is 0.145 e. The molecule has 1 heterocycles. The van der Waals surface area contributed by atoms with Crippen LogP contribution in [0.3, 0.4) is 0 Å². The SMILES string of the molecule is C=CCOCC(O)CN(CC=C)CC1CC(c2ccc(Cl)cc2)=NO1. The third-order valence-electron chi connectivity index (χ3n) is 3.77. The molecule has 0 radical (unpaired) electrons. The van der Waals surface area contributed by atoms with Gasteiger partial charge in [-0.15, -0.1) is 13.2 Å². The number of ether oxygens (including phenoxy) is 1. The van der Waals surface area contributed by atoms with E-state index in [1.165, 1.54) is 0 Å². The van der Waals surface area contributed by atoms with E-state index in [4.69, 9.17) is 21.2 Å². The fourth-order valence-corrected chi connectivity index (χ4v) is 2.80. The first-order valence-corrected chi connectivity index (χ1v) is 8.68. The number of aliphatic hydroxyl groups excluding tert-OH is 1. The number of benzene rings is 1. The molecular formula is C19H25ClN2O3. The molecule has 1 aromatic carbocycles. The van der Waals surface area contributed by atoms with Crippen molar-refractivity contribution < 1.29 is 14.7 Å². The summed E-state index contributed by atoms with van der Waals surface area (Å²) in [5.41, 5.74) is 1.93. The van der Waals surface area contributed by atoms with Crippen molar-refractivity contribution in [2.75, 3.05) is 32.8 Å². The number of aliphatic hydroxyl groups is 1. The van der Waals surface area contributed by atoms with Crippen molar-refractivity contribution in [3.8, 4) is 0 Å². The van der Waals surface area contributed by atoms with Gasteiger partial charge >= 0.3 is 0 Å². The first kappa shape index (κ1) is 19.7. The molecule has 2 unspecified atom stereocenters. The minimum atomic E-state index is -0.571. The largest absolute Gasteiger partial charge is 0.390 e. The monoisotopic (exact) mass is 364 g/mol. The summed E-state index contributed by atoms with van der Waals surface area (Å²) in [6.45, 7) is 9.88. The highest BCUT2D eigenvalue weighted by atomic mass is 35.5. The van der Waals surface area contributed by atoms with Crippen LogP contribution in [-0.4, -0.2) is 60.8 Å². The highest BCUT2D eigenvalue weighted by Gasteiger charge is 2.25. The summed E-state index contributed by atoms with van der Waals surface area (Å²) < 4.78 is 5.29. The third kappa shape index (κ3) is 6.63. The van der Waals surface area contributed by atoms with Crippen LogP contribution in [-0.2, 0) is 9.57 Å². The Balaban J connectivity index is 1.83. The van der Waals surface area contributed by atoms with E-state index in [-0.39, 0.29) is 12.7 Å². The quantitative estimate of drug-likeness (QED) is 0.484. The maximum absolute atomic E-state index is 10.1. The Morgan fingerprint density at radius 1 is 1.36 bits per heavy atom. The lowest BCUT2D eigenvalue weighted by Gasteiger charge is -2.25. The highest BCUT2D eigenvalue weighted by Crippen LogP contribution is 2.19. The third-order valence-corrected chi connectivity index (χ3v) is 4.03. The molecule has 1 N–H and O–H groups in total. The molecule has 0 amide bonds. The molecule has 25 heavy (non-hydrogen) atoms. The normalized spacial score (nSPS) is 17.9. The van der Waals surface area contributed by atoms with Gasteiger partial charge in [0.05, 0.1) is 25.0 Å². The van der Waals surface area contributed by atoms with Gasteiger partial charge in [-0.2, -0.15) is 0 Å². The van der Waals surface area contributed by atoms with Crippen LogP contribution in [0.15, 0.2) is 54.7 Å². The van der Waals surface area contributed by atoms with Crippen molar-refractivity contribution >= 4 is 17.3 Å². The van der Waals surface area contributed by atoms with Crippen LogP contribution in [0.25, 0.3) is 0 Å². The summed E-state index contributed by atoms with van der Waals surface area (Å²) >= 11 is 5.92. The average molecular weight is 365 g/mol. The predicted molar refractivity (Wildman–Crippen MR) is 101 cm³/mol. The molecule has 2 atom stereocenters. The van der Waals surface area contributed by atoms with Gasteiger partial charge in [0.25, 0.3) is 0 Å². The molecule has 0 saturated carbocycles. The number of oxime groups is 1. The van der Waals surface area contributed by atoms with Gasteiger partial charge in [-0.25, -0.2) is 0 Å². The molecule has 0 fully saturated rings. The number of rotatable bonds is 11. The van der Waals surface area contributed by atoms with Gasteiger partial charge in [0.15, 0.2) is 0 Å². The van der Waals surface area contributed by atoms with E-state index < -0.39 is 6.10 Å². The van der Waals surface area contributed by atoms with Crippen LogP contribution in [0.2, 0.25) is 5.02 Å². The molecule has 1 aromatic rings. The molecule has 2 rings (SSSR count). The number of halogens is 1. The predicted octanol–water partition coefficient (Wildman–Crippen LogP) is 2.88. The van der Waals surface area contributed by atoms with Crippen molar-refractivity contribution in [3.63, 3.8) is 0 Å². The van der Waals surface area contributed by atoms with Crippen molar-refractivity contribution in [2.45, 2.75) is 18.6 Å². The Hall–Kier alpha value is -1.66. The summed E-state index contributed by atoms with van der Waals surface area (Å²) in [6, 6.07) is 7.57. The Kier molecular flexibility index (Phi) is 8.15. The minimum absolute atomic E-state index is 0.0491. The van der Waals surface area contributed by atoms with Crippen molar-refractivity contribution in [3.05, 3.63) is 60.2 Å². The molecule has 0 spiro atoms. The molecule has 1 aliphatic heterocycles. The summed E-state index contributed by atoms with van der Waals surface area (Å²) in [5.74, 6) is 0. The first-order valence-electron chi connectivity index (χ1n) is 8.31. The van der Waals surface area contributed by atoms with E-state index in [1.807, 2.05) is 30.3 Å². The molecule has 0 aliphatic carbocycles. The van der Waals surface area contributed by atoms with Gasteiger partial charge in [-0.1, -0.05) is 41.0 Å². The van der Waals surface area contributed by atoms with Crippen LogP contribution in [0.4, 0.5) is 0 Å². The zero-order valence-corrected chi connectivity index (χ0v) is 15.1. The van der Waals surface area contributed by atoms with Crippen molar-refractivity contribution in [1.82, 2.24) is 4.90 Å². The van der Waals surface area contributed by atoms with Crippen molar-refractivity contribution in [1.29, 1.82) is 0 Å². The molecule has 0 bridgehead atoms. The van der Waals surface area contributed by atoms with E-state index in [0.717, 1.165) is 17.7 Å². The zero-order valence-electron chi connectivity index (χ0n) is 14.3. The highest BCUT2D eigenvalue weighted by molar-refractivity contribution is 6.30. The molecule has 136 valence electrons. The number of hydrogen-bond donors (Lipinski definition) is 1. The van der Waals surface area contributed by atoms with Gasteiger partial charge < -0.3 is 14.7 Å². The number of nitrogens with zero attached hydrogens (tertiary/aromatic N) is 2. The van der Waals surface area contributed by atoms with Gasteiger partial charge in [0, 0.05) is 31.1 Å². The molecule has 1 aliphatic rings. The molecular weight excluding hydrogens is 340 g/mol. The van der Waals surface area contributed by atoms with E-state index in [0.29, 0.717) is 31.3 Å². The summed E-state index contributed by atoms with van der Waals surface area (Å²) in [4.78, 5) is 7.64. The molecule has 0 saturated heterocycles. The van der Waals surface area contributed by atoms with Gasteiger partial charge in [0.2, 0.25) is 0 Å². The summed E-state index contributed by atoms with van der Waals surface area (Å²) in [7, 11) is 0. The molecule has 0 aromatic heterocycles. The second-order valence-corrected chi connectivity index (χ2v) is 6.40. The smallest absolute Gasteiger partial charge is 0.145 e. The van der Waals surface area contributed by atoms with Gasteiger partial charge in [-0.05, 0) is 17.7 Å². The van der Waals surface area contributed by atoms with Crippen LogP contribution >= 0.6 is 11.6 Å². The minimum Gasteiger partial charge on any atom is -0.390 e. The van der Waals surface area contributed by atoms with Crippen molar-refractivity contribution in [2.24, 2.45) is 5.16 Å². The topological polar surface area (TPSA) is 54.3 Å². The Morgan fingerprint density at radius 3 is 2.80 bits per heavy atom. The van der Waals surface area contributed by atoms with Crippen LogP contribution in [0.1, 0.15) is 12.0 Å². The van der Waals surface area contributed by atoms with E-state index >= 15 is 0 Å². The zero-order chi connectivity index (χ0) is 18.1. The van der Waals surface area contributed by atoms with Crippen LogP contribution in [0, 0.1) is 0 Å². The molecule has 6 heteroatoms. The van der Waals surface area contributed by atoms with E-state index in [2.05, 4.69) is 23.2 Å². The first-order chi connectivity index (χ1) is 12.1. The average Bonchev–Trinajstić information content (AvgIpc) is 3.04. The number of hydrogen-bond acceptors (Lipinski definition) is 5. The van der Waals surface area contributed by atoms with Crippen LogP contribution < -0.4 is 0 Å². The standard InChI is InChI=1S/C19H25ClN2O3/c1-3-9-22(12-17(23)14-24-10-4-2)13-18-11-19(21-25-18)15-5-7-16(20)8-6-15/h3-8,17-18,23H,1-2,9-14H2.